The molecule has 0 N–H and O–H groups in total. The molecule has 0 unspecified atom stereocenters. The average Bonchev–Trinajstić information content (AvgIpc) is 2.67. The standard InChI is InChI=1S/C22H15Cl2NO/c23-19-8-11-21(22(24)13-19)18(14-25)12-16-6-9-20(10-7-16)26-15-17-4-2-1-3-5-17/h1-13H,15H2/b18-12+. The van der Waals surface area contributed by atoms with Crippen LogP contribution in [0.1, 0.15) is 16.7 Å². The summed E-state index contributed by atoms with van der Waals surface area (Å²) in [7, 11) is 0. The van der Waals surface area contributed by atoms with E-state index in [0.29, 0.717) is 27.8 Å². The molecule has 0 heterocycles. The molecule has 0 radical (unpaired) electrons. The summed E-state index contributed by atoms with van der Waals surface area (Å²) in [6, 6.07) is 24.8. The van der Waals surface area contributed by atoms with Crippen molar-refractivity contribution >= 4 is 34.9 Å². The van der Waals surface area contributed by atoms with Gasteiger partial charge in [0.2, 0.25) is 0 Å². The first kappa shape index (κ1) is 18.1. The Hall–Kier alpha value is -2.73. The second-order valence-electron chi connectivity index (χ2n) is 5.64. The first-order valence-electron chi connectivity index (χ1n) is 8.00. The molecule has 0 atom stereocenters. The lowest BCUT2D eigenvalue weighted by molar-refractivity contribution is 0.306. The van der Waals surface area contributed by atoms with E-state index >= 15 is 0 Å². The van der Waals surface area contributed by atoms with Crippen LogP contribution in [0.4, 0.5) is 0 Å². The highest BCUT2D eigenvalue weighted by molar-refractivity contribution is 6.36. The highest BCUT2D eigenvalue weighted by Gasteiger charge is 2.07. The maximum Gasteiger partial charge on any atom is 0.119 e. The minimum atomic E-state index is 0.452. The summed E-state index contributed by atoms with van der Waals surface area (Å²) < 4.78 is 5.77. The number of ether oxygens (including phenoxy) is 1. The second-order valence-corrected chi connectivity index (χ2v) is 6.48. The first-order valence-corrected chi connectivity index (χ1v) is 8.75. The minimum absolute atomic E-state index is 0.452. The third kappa shape index (κ3) is 4.67. The molecule has 4 heteroatoms. The van der Waals surface area contributed by atoms with Crippen molar-refractivity contribution in [3.8, 4) is 11.8 Å². The highest BCUT2D eigenvalue weighted by atomic mass is 35.5. The summed E-state index contributed by atoms with van der Waals surface area (Å²) in [5.74, 6) is 0.772. The van der Waals surface area contributed by atoms with Crippen molar-refractivity contribution in [2.45, 2.75) is 6.61 Å². The van der Waals surface area contributed by atoms with Crippen molar-refractivity contribution < 1.29 is 4.74 Å². The van der Waals surface area contributed by atoms with Crippen LogP contribution in [0.5, 0.6) is 5.75 Å². The van der Waals surface area contributed by atoms with E-state index in [9.17, 15) is 5.26 Å². The van der Waals surface area contributed by atoms with Gasteiger partial charge in [-0.3, -0.25) is 0 Å². The largest absolute Gasteiger partial charge is 0.489 e. The van der Waals surface area contributed by atoms with Crippen LogP contribution in [-0.4, -0.2) is 0 Å². The lowest BCUT2D eigenvalue weighted by Crippen LogP contribution is -1.94. The maximum absolute atomic E-state index is 9.46. The van der Waals surface area contributed by atoms with Gasteiger partial charge in [0.25, 0.3) is 0 Å². The van der Waals surface area contributed by atoms with Crippen LogP contribution in [0.15, 0.2) is 72.8 Å². The predicted octanol–water partition coefficient (Wildman–Crippen LogP) is 6.64. The smallest absolute Gasteiger partial charge is 0.119 e. The molecule has 3 aromatic rings. The molecule has 0 bridgehead atoms. The van der Waals surface area contributed by atoms with Crippen molar-refractivity contribution in [2.75, 3.05) is 0 Å². The Kier molecular flexibility index (Phi) is 5.96. The van der Waals surface area contributed by atoms with Gasteiger partial charge in [-0.2, -0.15) is 5.26 Å². The number of benzene rings is 3. The van der Waals surface area contributed by atoms with Crippen molar-refractivity contribution in [1.82, 2.24) is 0 Å². The van der Waals surface area contributed by atoms with E-state index in [2.05, 4.69) is 6.07 Å². The third-order valence-electron chi connectivity index (χ3n) is 3.78. The third-order valence-corrected chi connectivity index (χ3v) is 4.33. The van der Waals surface area contributed by atoms with E-state index in [1.54, 1.807) is 24.3 Å². The quantitative estimate of drug-likeness (QED) is 0.367. The van der Waals surface area contributed by atoms with Gasteiger partial charge in [-0.25, -0.2) is 0 Å². The van der Waals surface area contributed by atoms with E-state index in [0.717, 1.165) is 16.9 Å². The molecule has 0 amide bonds. The fourth-order valence-corrected chi connectivity index (χ4v) is 2.96. The topological polar surface area (TPSA) is 33.0 Å². The van der Waals surface area contributed by atoms with Gasteiger partial charge < -0.3 is 4.74 Å². The number of nitrogens with zero attached hydrogens (tertiary/aromatic N) is 1. The minimum Gasteiger partial charge on any atom is -0.489 e. The Morgan fingerprint density at radius 2 is 1.69 bits per heavy atom. The number of hydrogen-bond acceptors (Lipinski definition) is 2. The van der Waals surface area contributed by atoms with Gasteiger partial charge in [0.05, 0.1) is 16.7 Å². The van der Waals surface area contributed by atoms with Crippen LogP contribution < -0.4 is 4.74 Å². The summed E-state index contributed by atoms with van der Waals surface area (Å²) in [5.41, 5.74) is 3.13. The van der Waals surface area contributed by atoms with Gasteiger partial charge in [-0.1, -0.05) is 71.7 Å². The van der Waals surface area contributed by atoms with E-state index in [-0.39, 0.29) is 0 Å². The summed E-state index contributed by atoms with van der Waals surface area (Å²) in [6.07, 6.45) is 1.79. The molecule has 128 valence electrons. The summed E-state index contributed by atoms with van der Waals surface area (Å²) in [4.78, 5) is 0. The SMILES string of the molecule is N#C/C(=C\c1ccc(OCc2ccccc2)cc1)c1ccc(Cl)cc1Cl. The van der Waals surface area contributed by atoms with Crippen LogP contribution in [-0.2, 0) is 6.61 Å². The molecule has 2 nitrogen and oxygen atoms in total. The normalized spacial score (nSPS) is 11.0. The van der Waals surface area contributed by atoms with Crippen molar-refractivity contribution in [3.63, 3.8) is 0 Å². The highest BCUT2D eigenvalue weighted by Crippen LogP contribution is 2.28. The molecule has 0 saturated carbocycles. The fraction of sp³-hybridized carbons (Fsp3) is 0.0455. The van der Waals surface area contributed by atoms with Crippen LogP contribution in [0.25, 0.3) is 11.6 Å². The van der Waals surface area contributed by atoms with E-state index in [1.165, 1.54) is 0 Å². The van der Waals surface area contributed by atoms with Gasteiger partial charge in [-0.15, -0.1) is 0 Å². The summed E-state index contributed by atoms with van der Waals surface area (Å²) in [5, 5.41) is 10.5. The van der Waals surface area contributed by atoms with Gasteiger partial charge in [-0.05, 0) is 41.5 Å². The van der Waals surface area contributed by atoms with E-state index < -0.39 is 0 Å². The Bertz CT molecular complexity index is 958. The molecule has 0 fully saturated rings. The lowest BCUT2D eigenvalue weighted by Gasteiger charge is -2.07. The van der Waals surface area contributed by atoms with Crippen molar-refractivity contribution in [2.24, 2.45) is 0 Å². The summed E-state index contributed by atoms with van der Waals surface area (Å²) in [6.45, 7) is 0.514. The molecule has 0 aliphatic carbocycles. The molecule has 3 aromatic carbocycles. The van der Waals surface area contributed by atoms with Crippen LogP contribution in [0, 0.1) is 11.3 Å². The molecule has 0 aromatic heterocycles. The first-order chi connectivity index (χ1) is 12.7. The maximum atomic E-state index is 9.46. The monoisotopic (exact) mass is 379 g/mol. The molecular formula is C22H15Cl2NO. The van der Waals surface area contributed by atoms with Crippen LogP contribution in [0.2, 0.25) is 10.0 Å². The van der Waals surface area contributed by atoms with Gasteiger partial charge in [0.1, 0.15) is 12.4 Å². The van der Waals surface area contributed by atoms with Crippen LogP contribution >= 0.6 is 23.2 Å². The average molecular weight is 380 g/mol. The van der Waals surface area contributed by atoms with Gasteiger partial charge in [0.15, 0.2) is 0 Å². The van der Waals surface area contributed by atoms with Crippen molar-refractivity contribution in [3.05, 3.63) is 99.5 Å². The second kappa shape index (κ2) is 8.58. The molecule has 3 rings (SSSR count). The van der Waals surface area contributed by atoms with E-state index in [1.807, 2.05) is 54.6 Å². The molecule has 0 aliphatic heterocycles. The Balaban J connectivity index is 1.74. The predicted molar refractivity (Wildman–Crippen MR) is 107 cm³/mol. The Morgan fingerprint density at radius 3 is 2.35 bits per heavy atom. The molecule has 0 aliphatic rings. The zero-order chi connectivity index (χ0) is 18.4. The molecular weight excluding hydrogens is 365 g/mol. The van der Waals surface area contributed by atoms with Crippen LogP contribution in [0.3, 0.4) is 0 Å². The zero-order valence-electron chi connectivity index (χ0n) is 13.8. The molecule has 0 saturated heterocycles. The summed E-state index contributed by atoms with van der Waals surface area (Å²) >= 11 is 12.1. The molecule has 26 heavy (non-hydrogen) atoms. The Morgan fingerprint density at radius 1 is 0.962 bits per heavy atom. The molecule has 0 spiro atoms. The number of hydrogen-bond donors (Lipinski definition) is 0. The zero-order valence-corrected chi connectivity index (χ0v) is 15.3. The van der Waals surface area contributed by atoms with Gasteiger partial charge >= 0.3 is 0 Å². The number of halogens is 2. The van der Waals surface area contributed by atoms with Gasteiger partial charge in [0, 0.05) is 10.6 Å². The number of allylic oxidation sites excluding steroid dienone is 1. The van der Waals surface area contributed by atoms with Crippen molar-refractivity contribution in [1.29, 1.82) is 5.26 Å². The van der Waals surface area contributed by atoms with E-state index in [4.69, 9.17) is 27.9 Å². The Labute approximate surface area is 162 Å². The lowest BCUT2D eigenvalue weighted by atomic mass is 10.0. The number of nitriles is 1. The number of rotatable bonds is 5. The fourth-order valence-electron chi connectivity index (χ4n) is 2.45.